The monoisotopic (exact) mass is 341 g/mol. The lowest BCUT2D eigenvalue weighted by atomic mass is 9.95. The Hall–Kier alpha value is -2.91. The Bertz CT molecular complexity index is 841. The van der Waals surface area contributed by atoms with Crippen LogP contribution in [0.5, 0.6) is 0 Å². The van der Waals surface area contributed by atoms with Gasteiger partial charge in [-0.05, 0) is 68.1 Å². The molecule has 4 N–H and O–H groups in total. The standard InChI is InChI=1S/C19H20FN3O2/c1-12-9-15(5-6-17(12)22)23-18(24)19(2,25)8-7-13-3-4-14(11-21)16(20)10-13/h3-6,9-10,25H,7-8,22H2,1-2H3,(H,23,24)/t19-/m0/s1. The van der Waals surface area contributed by atoms with Crippen molar-refractivity contribution in [2.24, 2.45) is 0 Å². The molecule has 1 amide bonds. The first-order valence-electron chi connectivity index (χ1n) is 7.81. The van der Waals surface area contributed by atoms with Crippen LogP contribution in [0.2, 0.25) is 0 Å². The highest BCUT2D eigenvalue weighted by atomic mass is 19.1. The third kappa shape index (κ3) is 4.55. The number of nitrogens with one attached hydrogen (secondary N) is 1. The summed E-state index contributed by atoms with van der Waals surface area (Å²) in [5.41, 5.74) is 6.67. The second-order valence-electron chi connectivity index (χ2n) is 6.23. The zero-order chi connectivity index (χ0) is 18.6. The Kier molecular flexibility index (Phi) is 5.40. The van der Waals surface area contributed by atoms with Crippen molar-refractivity contribution in [3.8, 4) is 6.07 Å². The molecule has 0 fully saturated rings. The first-order chi connectivity index (χ1) is 11.7. The number of aliphatic hydroxyl groups is 1. The number of carbonyl (C=O) groups excluding carboxylic acids is 1. The predicted molar refractivity (Wildman–Crippen MR) is 94.3 cm³/mol. The molecule has 130 valence electrons. The van der Waals surface area contributed by atoms with Gasteiger partial charge in [0.25, 0.3) is 5.91 Å². The number of nitrogens with two attached hydrogens (primary N) is 1. The Morgan fingerprint density at radius 3 is 2.68 bits per heavy atom. The highest BCUT2D eigenvalue weighted by Gasteiger charge is 2.30. The van der Waals surface area contributed by atoms with Gasteiger partial charge in [-0.25, -0.2) is 4.39 Å². The van der Waals surface area contributed by atoms with Gasteiger partial charge in [-0.3, -0.25) is 4.79 Å². The summed E-state index contributed by atoms with van der Waals surface area (Å²) in [7, 11) is 0. The normalized spacial score (nSPS) is 12.9. The molecule has 0 unspecified atom stereocenters. The van der Waals surface area contributed by atoms with Gasteiger partial charge < -0.3 is 16.2 Å². The molecule has 25 heavy (non-hydrogen) atoms. The fraction of sp³-hybridized carbons (Fsp3) is 0.263. The predicted octanol–water partition coefficient (Wildman–Crippen LogP) is 2.91. The maximum absolute atomic E-state index is 13.6. The van der Waals surface area contributed by atoms with E-state index in [0.717, 1.165) is 5.56 Å². The quantitative estimate of drug-likeness (QED) is 0.728. The molecule has 0 aliphatic heterocycles. The smallest absolute Gasteiger partial charge is 0.256 e. The number of hydrogen-bond acceptors (Lipinski definition) is 4. The Morgan fingerprint density at radius 2 is 2.08 bits per heavy atom. The van der Waals surface area contributed by atoms with Gasteiger partial charge in [-0.1, -0.05) is 6.07 Å². The topological polar surface area (TPSA) is 99.1 Å². The number of nitrogen functional groups attached to an aromatic ring is 1. The van der Waals surface area contributed by atoms with Crippen LogP contribution in [-0.4, -0.2) is 16.6 Å². The van der Waals surface area contributed by atoms with E-state index in [-0.39, 0.29) is 12.0 Å². The largest absolute Gasteiger partial charge is 0.399 e. The summed E-state index contributed by atoms with van der Waals surface area (Å²) in [6, 6.07) is 11.1. The van der Waals surface area contributed by atoms with Gasteiger partial charge in [0, 0.05) is 11.4 Å². The van der Waals surface area contributed by atoms with E-state index >= 15 is 0 Å². The van der Waals surface area contributed by atoms with Crippen LogP contribution in [0.4, 0.5) is 15.8 Å². The molecule has 6 heteroatoms. The molecule has 0 bridgehead atoms. The van der Waals surface area contributed by atoms with Crippen molar-refractivity contribution in [1.29, 1.82) is 5.26 Å². The van der Waals surface area contributed by atoms with Gasteiger partial charge in [-0.2, -0.15) is 5.26 Å². The lowest BCUT2D eigenvalue weighted by Gasteiger charge is -2.22. The third-order valence-electron chi connectivity index (χ3n) is 4.07. The van der Waals surface area contributed by atoms with Crippen molar-refractivity contribution < 1.29 is 14.3 Å². The van der Waals surface area contributed by atoms with Gasteiger partial charge >= 0.3 is 0 Å². The number of nitrogens with zero attached hydrogens (tertiary/aromatic N) is 1. The molecule has 0 heterocycles. The molecule has 1 atom stereocenters. The molecule has 0 aliphatic carbocycles. The van der Waals surface area contributed by atoms with Crippen LogP contribution in [-0.2, 0) is 11.2 Å². The fourth-order valence-electron chi connectivity index (χ4n) is 2.33. The minimum Gasteiger partial charge on any atom is -0.399 e. The van der Waals surface area contributed by atoms with Crippen molar-refractivity contribution in [1.82, 2.24) is 0 Å². The Balaban J connectivity index is 2.02. The van der Waals surface area contributed by atoms with E-state index in [9.17, 15) is 14.3 Å². The number of rotatable bonds is 5. The fourth-order valence-corrected chi connectivity index (χ4v) is 2.33. The van der Waals surface area contributed by atoms with Crippen molar-refractivity contribution in [3.63, 3.8) is 0 Å². The number of anilines is 2. The average Bonchev–Trinajstić information content (AvgIpc) is 2.56. The van der Waals surface area contributed by atoms with E-state index in [1.807, 2.05) is 6.92 Å². The van der Waals surface area contributed by atoms with Crippen LogP contribution in [0, 0.1) is 24.1 Å². The lowest BCUT2D eigenvalue weighted by Crippen LogP contribution is -2.40. The number of aryl methyl sites for hydroxylation is 2. The third-order valence-corrected chi connectivity index (χ3v) is 4.07. The van der Waals surface area contributed by atoms with Gasteiger partial charge in [0.1, 0.15) is 17.5 Å². The summed E-state index contributed by atoms with van der Waals surface area (Å²) in [5, 5.41) is 21.8. The highest BCUT2D eigenvalue weighted by Crippen LogP contribution is 2.21. The molecule has 0 saturated heterocycles. The van der Waals surface area contributed by atoms with E-state index < -0.39 is 17.3 Å². The van der Waals surface area contributed by atoms with E-state index in [0.29, 0.717) is 23.4 Å². The van der Waals surface area contributed by atoms with Crippen molar-refractivity contribution in [2.75, 3.05) is 11.1 Å². The summed E-state index contributed by atoms with van der Waals surface area (Å²) in [5.74, 6) is -1.16. The van der Waals surface area contributed by atoms with Crippen molar-refractivity contribution in [2.45, 2.75) is 32.3 Å². The maximum Gasteiger partial charge on any atom is 0.256 e. The SMILES string of the molecule is Cc1cc(NC(=O)[C@@](C)(O)CCc2ccc(C#N)c(F)c2)ccc1N. The average molecular weight is 341 g/mol. The molecule has 0 aromatic heterocycles. The van der Waals surface area contributed by atoms with Crippen LogP contribution < -0.4 is 11.1 Å². The number of carbonyl (C=O) groups is 1. The summed E-state index contributed by atoms with van der Waals surface area (Å²) in [6.45, 7) is 3.23. The van der Waals surface area contributed by atoms with E-state index in [1.54, 1.807) is 30.3 Å². The summed E-state index contributed by atoms with van der Waals surface area (Å²) >= 11 is 0. The molecule has 5 nitrogen and oxygen atoms in total. The van der Waals surface area contributed by atoms with E-state index in [4.69, 9.17) is 11.0 Å². The Labute approximate surface area is 145 Å². The van der Waals surface area contributed by atoms with Crippen LogP contribution in [0.15, 0.2) is 36.4 Å². The van der Waals surface area contributed by atoms with Gasteiger partial charge in [0.2, 0.25) is 0 Å². The molecule has 0 saturated carbocycles. The molecule has 0 radical (unpaired) electrons. The number of hydrogen-bond donors (Lipinski definition) is 3. The number of benzene rings is 2. The van der Waals surface area contributed by atoms with Crippen LogP contribution >= 0.6 is 0 Å². The van der Waals surface area contributed by atoms with E-state index in [2.05, 4.69) is 5.32 Å². The van der Waals surface area contributed by atoms with Gasteiger partial charge in [0.15, 0.2) is 0 Å². The second kappa shape index (κ2) is 7.32. The van der Waals surface area contributed by atoms with Crippen LogP contribution in [0.1, 0.15) is 30.0 Å². The van der Waals surface area contributed by atoms with Gasteiger partial charge in [-0.15, -0.1) is 0 Å². The molecular formula is C19H20FN3O2. The van der Waals surface area contributed by atoms with Gasteiger partial charge in [0.05, 0.1) is 5.56 Å². The Morgan fingerprint density at radius 1 is 1.36 bits per heavy atom. The highest BCUT2D eigenvalue weighted by molar-refractivity contribution is 5.97. The molecule has 2 rings (SSSR count). The minimum absolute atomic E-state index is 0.0352. The molecule has 0 spiro atoms. The summed E-state index contributed by atoms with van der Waals surface area (Å²) in [4.78, 5) is 12.3. The summed E-state index contributed by atoms with van der Waals surface area (Å²) in [6.07, 6.45) is 0.405. The number of halogens is 1. The molecule has 2 aromatic rings. The first kappa shape index (κ1) is 18.4. The minimum atomic E-state index is -1.63. The van der Waals surface area contributed by atoms with Crippen LogP contribution in [0.25, 0.3) is 0 Å². The maximum atomic E-state index is 13.6. The molecule has 2 aromatic carbocycles. The lowest BCUT2D eigenvalue weighted by molar-refractivity contribution is -0.132. The zero-order valence-electron chi connectivity index (χ0n) is 14.1. The second-order valence-corrected chi connectivity index (χ2v) is 6.23. The zero-order valence-corrected chi connectivity index (χ0v) is 14.1. The van der Waals surface area contributed by atoms with Crippen molar-refractivity contribution in [3.05, 3.63) is 58.9 Å². The van der Waals surface area contributed by atoms with Crippen LogP contribution in [0.3, 0.4) is 0 Å². The molecule has 0 aliphatic rings. The first-order valence-corrected chi connectivity index (χ1v) is 7.81. The summed E-state index contributed by atoms with van der Waals surface area (Å²) < 4.78 is 13.6. The number of amides is 1. The van der Waals surface area contributed by atoms with E-state index in [1.165, 1.54) is 19.1 Å². The molecular weight excluding hydrogens is 321 g/mol. The van der Waals surface area contributed by atoms with Crippen molar-refractivity contribution >= 4 is 17.3 Å². The number of nitriles is 1.